The highest BCUT2D eigenvalue weighted by Gasteiger charge is 2.31. The highest BCUT2D eigenvalue weighted by molar-refractivity contribution is 7.09. The second kappa shape index (κ2) is 7.00. The first kappa shape index (κ1) is 15.7. The molecule has 1 unspecified atom stereocenters. The Hall–Kier alpha value is -1.77. The molecule has 1 amide bonds. The van der Waals surface area contributed by atoms with E-state index in [2.05, 4.69) is 15.0 Å². The van der Waals surface area contributed by atoms with Crippen molar-refractivity contribution in [1.29, 1.82) is 0 Å². The van der Waals surface area contributed by atoms with Crippen LogP contribution in [-0.2, 0) is 29.2 Å². The minimum Gasteiger partial charge on any atom is -0.378 e. The number of aromatic nitrogens is 3. The van der Waals surface area contributed by atoms with Crippen molar-refractivity contribution >= 4 is 17.2 Å². The van der Waals surface area contributed by atoms with E-state index in [1.807, 2.05) is 33.4 Å². The normalized spacial score (nSPS) is 22.2. The predicted octanol–water partition coefficient (Wildman–Crippen LogP) is 0.830. The van der Waals surface area contributed by atoms with E-state index in [0.29, 0.717) is 32.8 Å². The zero-order valence-electron chi connectivity index (χ0n) is 13.5. The highest BCUT2D eigenvalue weighted by Crippen LogP contribution is 2.20. The molecule has 7 nitrogen and oxygen atoms in total. The largest absolute Gasteiger partial charge is 0.378 e. The van der Waals surface area contributed by atoms with E-state index in [1.165, 1.54) is 0 Å². The van der Waals surface area contributed by atoms with Gasteiger partial charge in [-0.1, -0.05) is 0 Å². The average Bonchev–Trinajstić information content (AvgIpc) is 3.24. The lowest BCUT2D eigenvalue weighted by atomic mass is 10.1. The third-order valence-electron chi connectivity index (χ3n) is 4.58. The second-order valence-corrected chi connectivity index (χ2v) is 7.21. The summed E-state index contributed by atoms with van der Waals surface area (Å²) < 4.78 is 7.35. The molecule has 8 heteroatoms. The van der Waals surface area contributed by atoms with Gasteiger partial charge in [-0.15, -0.1) is 11.3 Å². The van der Waals surface area contributed by atoms with Crippen LogP contribution in [0.2, 0.25) is 0 Å². The summed E-state index contributed by atoms with van der Waals surface area (Å²) in [6.45, 7) is 5.60. The molecule has 24 heavy (non-hydrogen) atoms. The van der Waals surface area contributed by atoms with E-state index < -0.39 is 0 Å². The lowest BCUT2D eigenvalue weighted by molar-refractivity contribution is -0.140. The second-order valence-electron chi connectivity index (χ2n) is 6.23. The first-order chi connectivity index (χ1) is 11.8. The van der Waals surface area contributed by atoms with Crippen molar-refractivity contribution in [3.63, 3.8) is 0 Å². The topological polar surface area (TPSA) is 63.5 Å². The maximum atomic E-state index is 13.0. The summed E-state index contributed by atoms with van der Waals surface area (Å²) in [5.74, 6) is 0.134. The van der Waals surface area contributed by atoms with E-state index in [9.17, 15) is 4.79 Å². The van der Waals surface area contributed by atoms with Gasteiger partial charge in [-0.05, 0) is 6.07 Å². The Morgan fingerprint density at radius 3 is 2.96 bits per heavy atom. The Morgan fingerprint density at radius 2 is 2.17 bits per heavy atom. The van der Waals surface area contributed by atoms with Crippen LogP contribution in [0.5, 0.6) is 0 Å². The maximum absolute atomic E-state index is 13.0. The molecule has 1 atom stereocenters. The van der Waals surface area contributed by atoms with Gasteiger partial charge < -0.3 is 9.64 Å². The Morgan fingerprint density at radius 1 is 1.29 bits per heavy atom. The minimum absolute atomic E-state index is 0.0794. The molecule has 2 aromatic heterocycles. The van der Waals surface area contributed by atoms with E-state index in [4.69, 9.17) is 4.74 Å². The number of fused-ring (bicyclic) bond motifs is 1. The SMILES string of the molecule is O=C(C1CN(Cc2nccs2)Cc2ccnn2C1)N1CCOCC1. The molecule has 4 heterocycles. The standard InChI is InChI=1S/C16H21N5O2S/c22-16(20-4-6-23-7-5-20)13-9-19(12-15-17-3-8-24-15)11-14-1-2-18-21(14)10-13/h1-3,8,13H,4-7,9-12H2. The van der Waals surface area contributed by atoms with Gasteiger partial charge in [-0.3, -0.25) is 14.4 Å². The third kappa shape index (κ3) is 3.35. The average molecular weight is 347 g/mol. The van der Waals surface area contributed by atoms with Crippen LogP contribution in [0.3, 0.4) is 0 Å². The van der Waals surface area contributed by atoms with Gasteiger partial charge in [-0.25, -0.2) is 4.98 Å². The van der Waals surface area contributed by atoms with Crippen molar-refractivity contribution < 1.29 is 9.53 Å². The summed E-state index contributed by atoms with van der Waals surface area (Å²) in [4.78, 5) is 21.6. The zero-order valence-corrected chi connectivity index (χ0v) is 14.3. The van der Waals surface area contributed by atoms with Gasteiger partial charge in [0.25, 0.3) is 0 Å². The summed E-state index contributed by atoms with van der Waals surface area (Å²) >= 11 is 1.66. The number of carbonyl (C=O) groups excluding carboxylic acids is 1. The van der Waals surface area contributed by atoms with Crippen LogP contribution in [0, 0.1) is 5.92 Å². The Balaban J connectivity index is 1.53. The minimum atomic E-state index is -0.0794. The van der Waals surface area contributed by atoms with E-state index >= 15 is 0 Å². The number of nitrogens with zero attached hydrogens (tertiary/aromatic N) is 5. The van der Waals surface area contributed by atoms with Gasteiger partial charge in [0.15, 0.2) is 0 Å². The maximum Gasteiger partial charge on any atom is 0.229 e. The number of rotatable bonds is 3. The highest BCUT2D eigenvalue weighted by atomic mass is 32.1. The molecule has 2 aliphatic heterocycles. The van der Waals surface area contributed by atoms with E-state index in [-0.39, 0.29) is 11.8 Å². The number of amides is 1. The molecule has 0 N–H and O–H groups in total. The number of hydrogen-bond donors (Lipinski definition) is 0. The number of ether oxygens (including phenoxy) is 1. The molecule has 2 aromatic rings. The predicted molar refractivity (Wildman–Crippen MR) is 89.3 cm³/mol. The van der Waals surface area contributed by atoms with Crippen LogP contribution < -0.4 is 0 Å². The Labute approximate surface area is 144 Å². The molecule has 128 valence electrons. The van der Waals surface area contributed by atoms with Crippen molar-refractivity contribution in [2.75, 3.05) is 32.8 Å². The van der Waals surface area contributed by atoms with Crippen LogP contribution >= 0.6 is 11.3 Å². The fourth-order valence-corrected chi connectivity index (χ4v) is 4.03. The fraction of sp³-hybridized carbons (Fsp3) is 0.562. The summed E-state index contributed by atoms with van der Waals surface area (Å²) in [7, 11) is 0. The molecule has 1 fully saturated rings. The van der Waals surface area contributed by atoms with Gasteiger partial charge in [0.2, 0.25) is 5.91 Å². The van der Waals surface area contributed by atoms with Crippen molar-refractivity contribution in [3.05, 3.63) is 34.5 Å². The molecule has 1 saturated heterocycles. The smallest absolute Gasteiger partial charge is 0.229 e. The summed E-state index contributed by atoms with van der Waals surface area (Å²) in [6.07, 6.45) is 3.65. The lowest BCUT2D eigenvalue weighted by Gasteiger charge is -2.31. The first-order valence-electron chi connectivity index (χ1n) is 8.27. The first-order valence-corrected chi connectivity index (χ1v) is 9.15. The number of thiazole rings is 1. The number of hydrogen-bond acceptors (Lipinski definition) is 6. The molecule has 2 aliphatic rings. The van der Waals surface area contributed by atoms with Crippen molar-refractivity contribution in [2.24, 2.45) is 5.92 Å². The van der Waals surface area contributed by atoms with Crippen LogP contribution in [-0.4, -0.2) is 63.3 Å². The molecule has 4 rings (SSSR count). The van der Waals surface area contributed by atoms with E-state index in [0.717, 1.165) is 30.3 Å². The molecule has 0 bridgehead atoms. The summed E-state index contributed by atoms with van der Waals surface area (Å²) in [5.41, 5.74) is 1.16. The Bertz CT molecular complexity index is 680. The van der Waals surface area contributed by atoms with Crippen molar-refractivity contribution in [3.8, 4) is 0 Å². The van der Waals surface area contributed by atoms with Crippen LogP contribution in [0.4, 0.5) is 0 Å². The van der Waals surface area contributed by atoms with Crippen molar-refractivity contribution in [2.45, 2.75) is 19.6 Å². The van der Waals surface area contributed by atoms with Gasteiger partial charge >= 0.3 is 0 Å². The lowest BCUT2D eigenvalue weighted by Crippen LogP contribution is -2.46. The molecule has 0 aliphatic carbocycles. The molecule has 0 radical (unpaired) electrons. The van der Waals surface area contributed by atoms with Crippen LogP contribution in [0.15, 0.2) is 23.8 Å². The van der Waals surface area contributed by atoms with Crippen LogP contribution in [0.1, 0.15) is 10.7 Å². The Kier molecular flexibility index (Phi) is 4.59. The zero-order chi connectivity index (χ0) is 16.4. The van der Waals surface area contributed by atoms with Gasteiger partial charge in [-0.2, -0.15) is 5.10 Å². The van der Waals surface area contributed by atoms with Gasteiger partial charge in [0, 0.05) is 44.0 Å². The summed E-state index contributed by atoms with van der Waals surface area (Å²) in [5, 5.41) is 7.49. The third-order valence-corrected chi connectivity index (χ3v) is 5.34. The molecule has 0 saturated carbocycles. The number of morpholine rings is 1. The molecule has 0 spiro atoms. The molecule has 0 aromatic carbocycles. The summed E-state index contributed by atoms with van der Waals surface area (Å²) in [6, 6.07) is 2.04. The fourth-order valence-electron chi connectivity index (χ4n) is 3.37. The van der Waals surface area contributed by atoms with Gasteiger partial charge in [0.05, 0.1) is 37.9 Å². The van der Waals surface area contributed by atoms with Crippen LogP contribution in [0.25, 0.3) is 0 Å². The number of carbonyl (C=O) groups is 1. The van der Waals surface area contributed by atoms with E-state index in [1.54, 1.807) is 11.3 Å². The van der Waals surface area contributed by atoms with Crippen molar-refractivity contribution in [1.82, 2.24) is 24.6 Å². The van der Waals surface area contributed by atoms with Gasteiger partial charge in [0.1, 0.15) is 5.01 Å². The monoisotopic (exact) mass is 347 g/mol. The molecular formula is C16H21N5O2S. The quantitative estimate of drug-likeness (QED) is 0.823. The molecular weight excluding hydrogens is 326 g/mol.